The van der Waals surface area contributed by atoms with Crippen molar-refractivity contribution in [3.05, 3.63) is 71.8 Å². The summed E-state index contributed by atoms with van der Waals surface area (Å²) in [7, 11) is 0. The fraction of sp³-hybridized carbons (Fsp3) is 0.0909. The van der Waals surface area contributed by atoms with Gasteiger partial charge in [0.2, 0.25) is 0 Å². The van der Waals surface area contributed by atoms with Crippen molar-refractivity contribution < 1.29 is 0 Å². The predicted octanol–water partition coefficient (Wildman–Crippen LogP) is 4.01. The number of aromatic nitrogens is 2. The average Bonchev–Trinajstić information content (AvgIpc) is 2.70. The van der Waals surface area contributed by atoms with Gasteiger partial charge in [0.05, 0.1) is 22.1 Å². The van der Waals surface area contributed by atoms with Gasteiger partial charge in [-0.1, -0.05) is 24.3 Å². The van der Waals surface area contributed by atoms with Crippen LogP contribution in [0.2, 0.25) is 0 Å². The maximum Gasteiger partial charge on any atom is 0.0972 e. The van der Waals surface area contributed by atoms with Gasteiger partial charge in [0.15, 0.2) is 0 Å². The number of rotatable bonds is 2. The van der Waals surface area contributed by atoms with E-state index in [9.17, 15) is 0 Å². The highest BCUT2D eigenvalue weighted by Crippen LogP contribution is 2.29. The molecule has 0 bridgehead atoms. The van der Waals surface area contributed by atoms with Gasteiger partial charge in [-0.15, -0.1) is 0 Å². The summed E-state index contributed by atoms with van der Waals surface area (Å²) >= 11 is 0. The lowest BCUT2D eigenvalue weighted by Crippen LogP contribution is -1.96. The zero-order valence-corrected chi connectivity index (χ0v) is 14.2. The topological polar surface area (TPSA) is 77.8 Å². The average molecular weight is 338 g/mol. The summed E-state index contributed by atoms with van der Waals surface area (Å²) in [4.78, 5) is 9.80. The first-order valence-corrected chi connectivity index (χ1v) is 8.71. The van der Waals surface area contributed by atoms with Gasteiger partial charge in [-0.05, 0) is 47.5 Å². The third kappa shape index (κ3) is 2.31. The zero-order valence-electron chi connectivity index (χ0n) is 14.2. The molecule has 0 spiro atoms. The van der Waals surface area contributed by atoms with E-state index in [-0.39, 0.29) is 0 Å². The first-order valence-electron chi connectivity index (χ1n) is 8.71. The molecule has 4 nitrogen and oxygen atoms in total. The molecule has 0 aliphatic carbocycles. The second-order valence-electron chi connectivity index (χ2n) is 6.65. The fourth-order valence-corrected chi connectivity index (χ4v) is 3.55. The van der Waals surface area contributed by atoms with Crippen LogP contribution >= 0.6 is 0 Å². The highest BCUT2D eigenvalue weighted by Gasteiger charge is 2.08. The zero-order chi connectivity index (χ0) is 17.7. The molecule has 0 aliphatic heterocycles. The van der Waals surface area contributed by atoms with Crippen LogP contribution in [0, 0.1) is 0 Å². The number of nitrogens with zero attached hydrogens (tertiary/aromatic N) is 2. The Morgan fingerprint density at radius 3 is 1.42 bits per heavy atom. The van der Waals surface area contributed by atoms with E-state index < -0.39 is 0 Å². The third-order valence-corrected chi connectivity index (χ3v) is 4.96. The summed E-state index contributed by atoms with van der Waals surface area (Å²) < 4.78 is 0. The van der Waals surface area contributed by atoms with Crippen LogP contribution in [0.1, 0.15) is 11.1 Å². The number of hydrogen-bond donors (Lipinski definition) is 2. The molecule has 0 saturated heterocycles. The van der Waals surface area contributed by atoms with Crippen molar-refractivity contribution in [1.82, 2.24) is 9.97 Å². The summed E-state index contributed by atoms with van der Waals surface area (Å²) in [5.41, 5.74) is 17.5. The third-order valence-electron chi connectivity index (χ3n) is 4.96. The minimum atomic E-state index is 0.532. The second kappa shape index (κ2) is 5.73. The molecule has 3 aromatic carbocycles. The normalized spacial score (nSPS) is 11.8. The molecule has 2 heterocycles. The minimum absolute atomic E-state index is 0.532. The molecule has 0 radical (unpaired) electrons. The van der Waals surface area contributed by atoms with Gasteiger partial charge in [-0.25, -0.2) is 9.97 Å². The van der Waals surface area contributed by atoms with Gasteiger partial charge in [0.25, 0.3) is 0 Å². The standard InChI is InChI=1S/C22H18N4/c23-11-13-1-5-19-17(7-13)9-15-3-4-16-10-18-8-14(12-24)2-6-20(18)26-22(16)21(15)25-19/h1-10H,11-12,23-24H2. The Labute approximate surface area is 150 Å². The highest BCUT2D eigenvalue weighted by molar-refractivity contribution is 6.09. The van der Waals surface area contributed by atoms with Crippen molar-refractivity contribution in [3.63, 3.8) is 0 Å². The SMILES string of the molecule is NCc1ccc2nc3c(ccc4cc5cc(CN)ccc5nc43)cc2c1. The van der Waals surface area contributed by atoms with Gasteiger partial charge in [-0.2, -0.15) is 0 Å². The highest BCUT2D eigenvalue weighted by atomic mass is 14.8. The van der Waals surface area contributed by atoms with Crippen LogP contribution in [-0.4, -0.2) is 9.97 Å². The Hall–Kier alpha value is -3.08. The van der Waals surface area contributed by atoms with Crippen molar-refractivity contribution in [1.29, 1.82) is 0 Å². The Bertz CT molecular complexity index is 1210. The fourth-order valence-electron chi connectivity index (χ4n) is 3.55. The summed E-state index contributed by atoms with van der Waals surface area (Å²) in [6.07, 6.45) is 0. The maximum absolute atomic E-state index is 5.76. The van der Waals surface area contributed by atoms with Crippen LogP contribution in [0.25, 0.3) is 43.6 Å². The van der Waals surface area contributed by atoms with E-state index in [1.807, 2.05) is 24.3 Å². The molecule has 0 atom stereocenters. The Morgan fingerprint density at radius 2 is 1.00 bits per heavy atom. The van der Waals surface area contributed by atoms with Gasteiger partial charge in [0.1, 0.15) is 0 Å². The van der Waals surface area contributed by atoms with E-state index in [2.05, 4.69) is 36.4 Å². The van der Waals surface area contributed by atoms with Crippen LogP contribution in [0.15, 0.2) is 60.7 Å². The number of hydrogen-bond acceptors (Lipinski definition) is 4. The second-order valence-corrected chi connectivity index (χ2v) is 6.65. The number of fused-ring (bicyclic) bond motifs is 5. The van der Waals surface area contributed by atoms with Crippen molar-refractivity contribution in [2.45, 2.75) is 13.1 Å². The lowest BCUT2D eigenvalue weighted by Gasteiger charge is -2.08. The predicted molar refractivity (Wildman–Crippen MR) is 108 cm³/mol. The van der Waals surface area contributed by atoms with E-state index >= 15 is 0 Å². The molecule has 0 aliphatic rings. The molecular weight excluding hydrogens is 320 g/mol. The molecule has 4 heteroatoms. The Balaban J connectivity index is 1.84. The first-order chi connectivity index (χ1) is 12.7. The smallest absolute Gasteiger partial charge is 0.0972 e. The van der Waals surface area contributed by atoms with Gasteiger partial charge < -0.3 is 11.5 Å². The van der Waals surface area contributed by atoms with Crippen LogP contribution in [0.3, 0.4) is 0 Å². The van der Waals surface area contributed by atoms with Gasteiger partial charge in [-0.3, -0.25) is 0 Å². The van der Waals surface area contributed by atoms with E-state index in [1.165, 1.54) is 0 Å². The Morgan fingerprint density at radius 1 is 0.538 bits per heavy atom. The molecule has 0 unspecified atom stereocenters. The largest absolute Gasteiger partial charge is 0.326 e. The molecule has 0 amide bonds. The van der Waals surface area contributed by atoms with Crippen LogP contribution in [0.4, 0.5) is 0 Å². The number of pyridine rings is 2. The quantitative estimate of drug-likeness (QED) is 0.377. The van der Waals surface area contributed by atoms with Gasteiger partial charge in [0, 0.05) is 34.6 Å². The molecule has 0 fully saturated rings. The summed E-state index contributed by atoms with van der Waals surface area (Å²) in [6.45, 7) is 1.06. The summed E-state index contributed by atoms with van der Waals surface area (Å²) in [5.74, 6) is 0. The van der Waals surface area contributed by atoms with E-state index in [4.69, 9.17) is 21.4 Å². The monoisotopic (exact) mass is 338 g/mol. The van der Waals surface area contributed by atoms with Crippen molar-refractivity contribution in [2.24, 2.45) is 11.5 Å². The summed E-state index contributed by atoms with van der Waals surface area (Å²) in [6, 6.07) is 20.9. The minimum Gasteiger partial charge on any atom is -0.326 e. The lowest BCUT2D eigenvalue weighted by atomic mass is 10.0. The van der Waals surface area contributed by atoms with Crippen LogP contribution in [0.5, 0.6) is 0 Å². The van der Waals surface area contributed by atoms with E-state index in [0.717, 1.165) is 54.7 Å². The number of nitrogens with two attached hydrogens (primary N) is 2. The van der Waals surface area contributed by atoms with Crippen LogP contribution < -0.4 is 11.5 Å². The first kappa shape index (κ1) is 15.2. The van der Waals surface area contributed by atoms with Gasteiger partial charge >= 0.3 is 0 Å². The molecule has 5 aromatic rings. The lowest BCUT2D eigenvalue weighted by molar-refractivity contribution is 1.07. The molecule has 2 aromatic heterocycles. The maximum atomic E-state index is 5.76. The van der Waals surface area contributed by atoms with Crippen molar-refractivity contribution in [2.75, 3.05) is 0 Å². The summed E-state index contributed by atoms with van der Waals surface area (Å²) in [5, 5.41) is 4.38. The van der Waals surface area contributed by atoms with Crippen molar-refractivity contribution in [3.8, 4) is 0 Å². The Kier molecular flexibility index (Phi) is 3.35. The molecule has 5 rings (SSSR count). The van der Waals surface area contributed by atoms with E-state index in [0.29, 0.717) is 13.1 Å². The van der Waals surface area contributed by atoms with Crippen molar-refractivity contribution >= 4 is 43.6 Å². The molecule has 126 valence electrons. The molecule has 26 heavy (non-hydrogen) atoms. The number of benzene rings is 3. The molecule has 4 N–H and O–H groups in total. The van der Waals surface area contributed by atoms with E-state index in [1.54, 1.807) is 0 Å². The molecule has 0 saturated carbocycles. The molecular formula is C22H18N4. The van der Waals surface area contributed by atoms with Crippen LogP contribution in [-0.2, 0) is 13.1 Å².